The zero-order valence-corrected chi connectivity index (χ0v) is 19.5. The monoisotopic (exact) mass is 460 g/mol. The molecule has 0 saturated carbocycles. The topological polar surface area (TPSA) is 77.6 Å². The maximum absolute atomic E-state index is 12.6. The van der Waals surface area contributed by atoms with Crippen molar-refractivity contribution in [3.05, 3.63) is 88.5 Å². The number of aromatic nitrogens is 5. The van der Waals surface area contributed by atoms with Gasteiger partial charge in [-0.05, 0) is 50.6 Å². The number of amides is 1. The van der Waals surface area contributed by atoms with E-state index in [0.29, 0.717) is 17.3 Å². The summed E-state index contributed by atoms with van der Waals surface area (Å²) in [6.45, 7) is 7.29. The molecule has 168 valence electrons. The van der Waals surface area contributed by atoms with Crippen LogP contribution < -0.4 is 5.32 Å². The van der Waals surface area contributed by atoms with Gasteiger partial charge in [0.1, 0.15) is 6.33 Å². The predicted octanol–water partition coefficient (Wildman–Crippen LogP) is 5.13. The van der Waals surface area contributed by atoms with Crippen LogP contribution in [-0.4, -0.2) is 30.5 Å². The third-order valence-corrected chi connectivity index (χ3v) is 5.83. The molecule has 0 radical (unpaired) electrons. The third kappa shape index (κ3) is 5.04. The van der Waals surface area contributed by atoms with Crippen LogP contribution in [0, 0.1) is 13.8 Å². The van der Waals surface area contributed by atoms with Crippen LogP contribution in [0.25, 0.3) is 17.5 Å². The number of nitrogens with zero attached hydrogens (tertiary/aromatic N) is 5. The minimum Gasteiger partial charge on any atom is -0.322 e. The number of carbonyl (C=O) groups excluding carboxylic acids is 1. The Bertz CT molecular complexity index is 1320. The van der Waals surface area contributed by atoms with Crippen LogP contribution in [0.1, 0.15) is 29.4 Å². The first-order valence-electron chi connectivity index (χ1n) is 10.7. The third-order valence-electron chi connectivity index (χ3n) is 5.46. The highest BCUT2D eigenvalue weighted by Crippen LogP contribution is 2.22. The maximum atomic E-state index is 12.6. The van der Waals surface area contributed by atoms with E-state index in [4.69, 9.17) is 11.6 Å². The van der Waals surface area contributed by atoms with E-state index in [1.54, 1.807) is 12.4 Å². The molecule has 33 heavy (non-hydrogen) atoms. The average molecular weight is 461 g/mol. The van der Waals surface area contributed by atoms with Crippen LogP contribution in [0.4, 0.5) is 5.69 Å². The van der Waals surface area contributed by atoms with Crippen LogP contribution >= 0.6 is 11.6 Å². The van der Waals surface area contributed by atoms with Crippen LogP contribution in [0.2, 0.25) is 5.02 Å². The lowest BCUT2D eigenvalue weighted by molar-refractivity contribution is -0.111. The fraction of sp³-hybridized carbons (Fsp3) is 0.200. The Morgan fingerprint density at radius 3 is 2.76 bits per heavy atom. The van der Waals surface area contributed by atoms with Gasteiger partial charge in [-0.2, -0.15) is 5.10 Å². The van der Waals surface area contributed by atoms with Gasteiger partial charge in [-0.1, -0.05) is 41.9 Å². The van der Waals surface area contributed by atoms with Crippen LogP contribution in [-0.2, 0) is 17.9 Å². The first-order valence-corrected chi connectivity index (χ1v) is 11.1. The van der Waals surface area contributed by atoms with Gasteiger partial charge in [0.15, 0.2) is 5.82 Å². The molecule has 0 fully saturated rings. The quantitative estimate of drug-likeness (QED) is 0.388. The summed E-state index contributed by atoms with van der Waals surface area (Å²) in [5.41, 5.74) is 5.32. The van der Waals surface area contributed by atoms with Crippen molar-refractivity contribution in [3.63, 3.8) is 0 Å². The number of carbonyl (C=O) groups is 1. The van der Waals surface area contributed by atoms with Crippen molar-refractivity contribution in [2.75, 3.05) is 5.32 Å². The normalized spacial score (nSPS) is 11.3. The minimum atomic E-state index is -0.221. The van der Waals surface area contributed by atoms with E-state index < -0.39 is 0 Å². The van der Waals surface area contributed by atoms with E-state index in [0.717, 1.165) is 40.4 Å². The molecule has 2 aromatic carbocycles. The summed E-state index contributed by atoms with van der Waals surface area (Å²) in [6.07, 6.45) is 5.02. The summed E-state index contributed by atoms with van der Waals surface area (Å²) in [6, 6.07) is 15.3. The molecule has 1 amide bonds. The van der Waals surface area contributed by atoms with Gasteiger partial charge in [-0.15, -0.1) is 10.2 Å². The molecule has 4 aromatic rings. The van der Waals surface area contributed by atoms with Crippen molar-refractivity contribution in [2.45, 2.75) is 33.9 Å². The Balaban J connectivity index is 1.48. The number of halogens is 1. The van der Waals surface area contributed by atoms with Gasteiger partial charge in [0.2, 0.25) is 5.91 Å². The van der Waals surface area contributed by atoms with Crippen molar-refractivity contribution < 1.29 is 4.79 Å². The van der Waals surface area contributed by atoms with Gasteiger partial charge in [0, 0.05) is 40.2 Å². The highest BCUT2D eigenvalue weighted by molar-refractivity contribution is 6.31. The molecule has 2 aromatic heterocycles. The fourth-order valence-electron chi connectivity index (χ4n) is 3.68. The van der Waals surface area contributed by atoms with Crippen molar-refractivity contribution in [1.82, 2.24) is 24.5 Å². The standard InChI is InChI=1S/C25H25ClN6O/c1-4-31-16-27-29-25(31)19-9-7-10-21(14-19)28-24(33)13-12-22-17(2)30-32(18(22)3)15-20-8-5-6-11-23(20)26/h5-14,16H,4,15H2,1-3H3,(H,28,33)/b13-12+. The molecule has 1 N–H and O–H groups in total. The second-order valence-corrected chi connectivity index (χ2v) is 8.08. The molecule has 0 aliphatic heterocycles. The van der Waals surface area contributed by atoms with E-state index >= 15 is 0 Å². The summed E-state index contributed by atoms with van der Waals surface area (Å²) in [4.78, 5) is 12.6. The number of nitrogens with one attached hydrogen (secondary N) is 1. The van der Waals surface area contributed by atoms with Gasteiger partial charge in [0.05, 0.1) is 12.2 Å². The Morgan fingerprint density at radius 2 is 1.97 bits per heavy atom. The van der Waals surface area contributed by atoms with Gasteiger partial charge in [-0.25, -0.2) is 0 Å². The van der Waals surface area contributed by atoms with Gasteiger partial charge in [-0.3, -0.25) is 9.48 Å². The van der Waals surface area contributed by atoms with Crippen molar-refractivity contribution in [1.29, 1.82) is 0 Å². The Kier molecular flexibility index (Phi) is 6.70. The van der Waals surface area contributed by atoms with Crippen molar-refractivity contribution in [2.24, 2.45) is 0 Å². The molecule has 0 spiro atoms. The highest BCUT2D eigenvalue weighted by Gasteiger charge is 2.12. The predicted molar refractivity (Wildman–Crippen MR) is 131 cm³/mol. The van der Waals surface area contributed by atoms with E-state index in [9.17, 15) is 4.79 Å². The molecule has 0 unspecified atom stereocenters. The van der Waals surface area contributed by atoms with Crippen molar-refractivity contribution >= 4 is 29.3 Å². The zero-order chi connectivity index (χ0) is 23.4. The molecular weight excluding hydrogens is 436 g/mol. The molecule has 0 aliphatic rings. The fourth-order valence-corrected chi connectivity index (χ4v) is 3.88. The van der Waals surface area contributed by atoms with Gasteiger partial charge < -0.3 is 9.88 Å². The summed E-state index contributed by atoms with van der Waals surface area (Å²) in [5, 5.41) is 16.4. The van der Waals surface area contributed by atoms with Crippen LogP contribution in [0.3, 0.4) is 0 Å². The maximum Gasteiger partial charge on any atom is 0.248 e. The van der Waals surface area contributed by atoms with Gasteiger partial charge in [0.25, 0.3) is 0 Å². The number of rotatable bonds is 7. The molecule has 2 heterocycles. The summed E-state index contributed by atoms with van der Waals surface area (Å²) in [5.74, 6) is 0.545. The summed E-state index contributed by atoms with van der Waals surface area (Å²) < 4.78 is 3.86. The molecule has 7 nitrogen and oxygen atoms in total. The lowest BCUT2D eigenvalue weighted by Crippen LogP contribution is -2.08. The van der Waals surface area contributed by atoms with Gasteiger partial charge >= 0.3 is 0 Å². The number of anilines is 1. The summed E-state index contributed by atoms with van der Waals surface area (Å²) in [7, 11) is 0. The van der Waals surface area contributed by atoms with E-state index in [1.165, 1.54) is 6.08 Å². The molecule has 0 bridgehead atoms. The highest BCUT2D eigenvalue weighted by atomic mass is 35.5. The summed E-state index contributed by atoms with van der Waals surface area (Å²) >= 11 is 6.30. The number of hydrogen-bond acceptors (Lipinski definition) is 4. The average Bonchev–Trinajstić information content (AvgIpc) is 3.38. The Hall–Kier alpha value is -3.71. The lowest BCUT2D eigenvalue weighted by Gasteiger charge is -2.07. The molecule has 0 aliphatic carbocycles. The van der Waals surface area contributed by atoms with E-state index in [-0.39, 0.29) is 5.91 Å². The molecule has 8 heteroatoms. The molecule has 0 atom stereocenters. The number of benzene rings is 2. The van der Waals surface area contributed by atoms with E-state index in [2.05, 4.69) is 20.6 Å². The zero-order valence-electron chi connectivity index (χ0n) is 18.8. The lowest BCUT2D eigenvalue weighted by atomic mass is 10.1. The molecular formula is C25H25ClN6O. The van der Waals surface area contributed by atoms with Crippen LogP contribution in [0.5, 0.6) is 0 Å². The first kappa shape index (κ1) is 22.5. The van der Waals surface area contributed by atoms with Crippen LogP contribution in [0.15, 0.2) is 60.9 Å². The molecule has 4 rings (SSSR count). The number of hydrogen-bond donors (Lipinski definition) is 1. The second-order valence-electron chi connectivity index (χ2n) is 7.68. The second kappa shape index (κ2) is 9.83. The van der Waals surface area contributed by atoms with Crippen molar-refractivity contribution in [3.8, 4) is 11.4 Å². The largest absolute Gasteiger partial charge is 0.322 e. The minimum absolute atomic E-state index is 0.221. The Labute approximate surface area is 197 Å². The van der Waals surface area contributed by atoms with E-state index in [1.807, 2.05) is 78.6 Å². The number of aryl methyl sites for hydroxylation is 2. The molecule has 0 saturated heterocycles. The first-order chi connectivity index (χ1) is 16.0. The Morgan fingerprint density at radius 1 is 1.15 bits per heavy atom. The SMILES string of the molecule is CCn1cnnc1-c1cccc(NC(=O)/C=C/c2c(C)nn(Cc3ccccc3Cl)c2C)c1. The smallest absolute Gasteiger partial charge is 0.248 e.